The maximum Gasteiger partial charge on any atom is 0.277 e. The van der Waals surface area contributed by atoms with Crippen molar-refractivity contribution in [3.05, 3.63) is 23.4 Å². The fourth-order valence-corrected chi connectivity index (χ4v) is 3.92. The molecule has 0 spiro atoms. The lowest BCUT2D eigenvalue weighted by Crippen LogP contribution is -2.41. The highest BCUT2D eigenvalue weighted by Crippen LogP contribution is 2.38. The standard InChI is InChI=1S/C19H24N2O4S/c1-20-14(9-12-10-15(24-2)17(22)16(11-12)25-3)18(23)21(19(20)26)13-7-5-4-6-8-13/h9-11,13,22H,4-8H2,1-3H3/b14-9-. The number of thiocarbonyl (C=S) groups is 1. The number of hydrogen-bond donors (Lipinski definition) is 1. The van der Waals surface area contributed by atoms with Crippen LogP contribution in [0.5, 0.6) is 17.2 Å². The van der Waals surface area contributed by atoms with E-state index in [1.54, 1.807) is 28.0 Å². The van der Waals surface area contributed by atoms with Crippen molar-refractivity contribution < 1.29 is 19.4 Å². The second kappa shape index (κ2) is 7.53. The van der Waals surface area contributed by atoms with Gasteiger partial charge in [-0.15, -0.1) is 0 Å². The molecule has 1 heterocycles. The highest BCUT2D eigenvalue weighted by Gasteiger charge is 2.40. The quantitative estimate of drug-likeness (QED) is 0.643. The number of benzene rings is 1. The van der Waals surface area contributed by atoms with E-state index in [9.17, 15) is 9.90 Å². The Balaban J connectivity index is 1.95. The minimum Gasteiger partial charge on any atom is -0.502 e. The van der Waals surface area contributed by atoms with E-state index in [2.05, 4.69) is 0 Å². The van der Waals surface area contributed by atoms with Crippen molar-refractivity contribution in [1.82, 2.24) is 9.80 Å². The van der Waals surface area contributed by atoms with Gasteiger partial charge < -0.3 is 19.5 Å². The molecule has 26 heavy (non-hydrogen) atoms. The van der Waals surface area contributed by atoms with Gasteiger partial charge in [0.05, 0.1) is 14.2 Å². The molecule has 140 valence electrons. The number of phenolic OH excluding ortho intramolecular Hbond substituents is 1. The molecule has 1 aliphatic carbocycles. The maximum atomic E-state index is 13.0. The summed E-state index contributed by atoms with van der Waals surface area (Å²) < 4.78 is 10.4. The molecule has 1 aromatic rings. The summed E-state index contributed by atoms with van der Waals surface area (Å²) in [5.74, 6) is 0.435. The normalized spacial score (nSPS) is 20.2. The fourth-order valence-electron chi connectivity index (χ4n) is 3.59. The molecule has 1 amide bonds. The van der Waals surface area contributed by atoms with Crippen molar-refractivity contribution in [2.45, 2.75) is 38.1 Å². The van der Waals surface area contributed by atoms with E-state index in [0.717, 1.165) is 25.7 Å². The van der Waals surface area contributed by atoms with Gasteiger partial charge in [-0.25, -0.2) is 0 Å². The molecule has 1 N–H and O–H groups in total. The average Bonchev–Trinajstić information content (AvgIpc) is 2.87. The molecule has 0 unspecified atom stereocenters. The van der Waals surface area contributed by atoms with Crippen LogP contribution in [0.15, 0.2) is 17.8 Å². The summed E-state index contributed by atoms with van der Waals surface area (Å²) in [6.45, 7) is 0. The molecule has 0 atom stereocenters. The van der Waals surface area contributed by atoms with Crippen LogP contribution in [0.4, 0.5) is 0 Å². The lowest BCUT2D eigenvalue weighted by atomic mass is 9.94. The summed E-state index contributed by atoms with van der Waals surface area (Å²) in [5.41, 5.74) is 1.20. The lowest BCUT2D eigenvalue weighted by molar-refractivity contribution is -0.124. The Kier molecular flexibility index (Phi) is 5.36. The number of ether oxygens (including phenoxy) is 2. The Bertz CT molecular complexity index is 731. The molecule has 7 heteroatoms. The predicted molar refractivity (Wildman–Crippen MR) is 103 cm³/mol. The van der Waals surface area contributed by atoms with E-state index in [4.69, 9.17) is 21.7 Å². The number of methoxy groups -OCH3 is 2. The zero-order valence-electron chi connectivity index (χ0n) is 15.3. The zero-order chi connectivity index (χ0) is 18.8. The van der Waals surface area contributed by atoms with Gasteiger partial charge in [0.2, 0.25) is 5.75 Å². The first kappa shape index (κ1) is 18.5. The van der Waals surface area contributed by atoms with E-state index in [1.807, 2.05) is 7.05 Å². The van der Waals surface area contributed by atoms with Crippen LogP contribution in [-0.4, -0.2) is 53.2 Å². The number of nitrogens with zero attached hydrogens (tertiary/aromatic N) is 2. The number of amides is 1. The van der Waals surface area contributed by atoms with E-state index in [1.165, 1.54) is 20.6 Å². The monoisotopic (exact) mass is 376 g/mol. The summed E-state index contributed by atoms with van der Waals surface area (Å²) in [5, 5.41) is 10.6. The van der Waals surface area contributed by atoms with E-state index >= 15 is 0 Å². The average molecular weight is 376 g/mol. The fraction of sp³-hybridized carbons (Fsp3) is 0.474. The van der Waals surface area contributed by atoms with Crippen LogP contribution in [0.25, 0.3) is 6.08 Å². The third-order valence-corrected chi connectivity index (χ3v) is 5.51. The van der Waals surface area contributed by atoms with E-state index < -0.39 is 0 Å². The van der Waals surface area contributed by atoms with Gasteiger partial charge in [0.1, 0.15) is 5.70 Å². The van der Waals surface area contributed by atoms with Gasteiger partial charge in [-0.3, -0.25) is 9.69 Å². The zero-order valence-corrected chi connectivity index (χ0v) is 16.1. The topological polar surface area (TPSA) is 62.2 Å². The molecule has 0 bridgehead atoms. The Morgan fingerprint density at radius 1 is 1.15 bits per heavy atom. The van der Waals surface area contributed by atoms with Crippen LogP contribution >= 0.6 is 12.2 Å². The molecule has 3 rings (SSSR count). The van der Waals surface area contributed by atoms with Crippen molar-refractivity contribution in [3.63, 3.8) is 0 Å². The molecule has 2 aliphatic rings. The number of rotatable bonds is 4. The minimum atomic E-state index is -0.0737. The van der Waals surface area contributed by atoms with Gasteiger partial charge in [-0.05, 0) is 48.8 Å². The number of carbonyl (C=O) groups excluding carboxylic acids is 1. The van der Waals surface area contributed by atoms with Crippen molar-refractivity contribution in [2.24, 2.45) is 0 Å². The van der Waals surface area contributed by atoms with Crippen LogP contribution in [0.1, 0.15) is 37.7 Å². The van der Waals surface area contributed by atoms with Crippen LogP contribution in [-0.2, 0) is 4.79 Å². The van der Waals surface area contributed by atoms with Gasteiger partial charge in [0.25, 0.3) is 5.91 Å². The Morgan fingerprint density at radius 2 is 1.73 bits per heavy atom. The molecule has 1 aromatic carbocycles. The van der Waals surface area contributed by atoms with Crippen molar-refractivity contribution in [2.75, 3.05) is 21.3 Å². The molecular formula is C19H24N2O4S. The highest BCUT2D eigenvalue weighted by atomic mass is 32.1. The molecule has 2 fully saturated rings. The summed E-state index contributed by atoms with van der Waals surface area (Å²) in [6, 6.07) is 3.51. The number of carbonyl (C=O) groups is 1. The molecular weight excluding hydrogens is 352 g/mol. The second-order valence-electron chi connectivity index (χ2n) is 6.61. The minimum absolute atomic E-state index is 0.0670. The second-order valence-corrected chi connectivity index (χ2v) is 6.98. The first-order chi connectivity index (χ1) is 12.5. The molecule has 0 radical (unpaired) electrons. The molecule has 6 nitrogen and oxygen atoms in total. The summed E-state index contributed by atoms with van der Waals surface area (Å²) in [4.78, 5) is 16.5. The third kappa shape index (κ3) is 3.23. The van der Waals surface area contributed by atoms with Gasteiger partial charge in [-0.1, -0.05) is 19.3 Å². The molecule has 1 saturated heterocycles. The van der Waals surface area contributed by atoms with Gasteiger partial charge in [-0.2, -0.15) is 0 Å². The lowest BCUT2D eigenvalue weighted by Gasteiger charge is -2.30. The van der Waals surface area contributed by atoms with Crippen LogP contribution in [0, 0.1) is 0 Å². The number of phenols is 1. The Morgan fingerprint density at radius 3 is 2.27 bits per heavy atom. The highest BCUT2D eigenvalue weighted by molar-refractivity contribution is 7.80. The van der Waals surface area contributed by atoms with Crippen LogP contribution in [0.2, 0.25) is 0 Å². The van der Waals surface area contributed by atoms with Crippen molar-refractivity contribution in [1.29, 1.82) is 0 Å². The molecule has 1 aliphatic heterocycles. The summed E-state index contributed by atoms with van der Waals surface area (Å²) in [7, 11) is 4.75. The van der Waals surface area contributed by atoms with Crippen LogP contribution in [0.3, 0.4) is 0 Å². The number of aromatic hydroxyl groups is 1. The van der Waals surface area contributed by atoms with Gasteiger partial charge in [0.15, 0.2) is 16.6 Å². The molecule has 1 saturated carbocycles. The van der Waals surface area contributed by atoms with Gasteiger partial charge in [0, 0.05) is 13.1 Å². The maximum absolute atomic E-state index is 13.0. The predicted octanol–water partition coefficient (Wildman–Crippen LogP) is 3.14. The Hall–Kier alpha value is -2.28. The van der Waals surface area contributed by atoms with E-state index in [0.29, 0.717) is 16.4 Å². The number of hydrogen-bond acceptors (Lipinski definition) is 5. The smallest absolute Gasteiger partial charge is 0.277 e. The van der Waals surface area contributed by atoms with Crippen molar-refractivity contribution >= 4 is 29.3 Å². The largest absolute Gasteiger partial charge is 0.502 e. The SMILES string of the molecule is COc1cc(/C=C2/C(=O)N(C3CCCCC3)C(=S)N2C)cc(OC)c1O. The Labute approximate surface area is 159 Å². The third-order valence-electron chi connectivity index (χ3n) is 5.04. The summed E-state index contributed by atoms with van der Waals surface area (Å²) >= 11 is 5.53. The van der Waals surface area contributed by atoms with Crippen molar-refractivity contribution in [3.8, 4) is 17.2 Å². The van der Waals surface area contributed by atoms with Crippen LogP contribution < -0.4 is 9.47 Å². The number of likely N-dealkylation sites (N-methyl/N-ethyl adjacent to an activating group) is 1. The first-order valence-electron chi connectivity index (χ1n) is 8.75. The molecule has 0 aromatic heterocycles. The van der Waals surface area contributed by atoms with E-state index in [-0.39, 0.29) is 29.2 Å². The van der Waals surface area contributed by atoms with Gasteiger partial charge >= 0.3 is 0 Å². The summed E-state index contributed by atoms with van der Waals surface area (Å²) in [6.07, 6.45) is 7.22. The first-order valence-corrected chi connectivity index (χ1v) is 9.16.